The number of hydrogen-bond acceptors (Lipinski definition) is 4. The zero-order valence-electron chi connectivity index (χ0n) is 13.3. The Balaban J connectivity index is 2.01. The van der Waals surface area contributed by atoms with E-state index in [4.69, 9.17) is 9.84 Å². The van der Waals surface area contributed by atoms with E-state index in [2.05, 4.69) is 10.6 Å². The zero-order valence-corrected chi connectivity index (χ0v) is 13.3. The molecular weight excluding hydrogens is 324 g/mol. The van der Waals surface area contributed by atoms with E-state index in [1.807, 2.05) is 30.3 Å². The molecule has 0 saturated carbocycles. The van der Waals surface area contributed by atoms with Gasteiger partial charge in [0.2, 0.25) is 5.91 Å². The topological polar surface area (TPSA) is 105 Å². The number of carboxylic acid groups (broad SMARTS) is 1. The van der Waals surface area contributed by atoms with Crippen molar-refractivity contribution in [3.8, 4) is 0 Å². The quantitative estimate of drug-likeness (QED) is 0.712. The van der Waals surface area contributed by atoms with Crippen molar-refractivity contribution in [1.82, 2.24) is 10.6 Å². The predicted molar refractivity (Wildman–Crippen MR) is 89.6 cm³/mol. The van der Waals surface area contributed by atoms with Crippen LogP contribution in [0, 0.1) is 0 Å². The van der Waals surface area contributed by atoms with Crippen LogP contribution in [0.15, 0.2) is 60.7 Å². The van der Waals surface area contributed by atoms with Gasteiger partial charge in [0.05, 0.1) is 0 Å². The van der Waals surface area contributed by atoms with Gasteiger partial charge >= 0.3 is 12.1 Å². The molecule has 0 aromatic heterocycles. The molecule has 0 fully saturated rings. The summed E-state index contributed by atoms with van der Waals surface area (Å²) in [7, 11) is 0. The van der Waals surface area contributed by atoms with Gasteiger partial charge in [-0.15, -0.1) is 0 Å². The van der Waals surface area contributed by atoms with Gasteiger partial charge in [0.25, 0.3) is 0 Å². The second-order valence-corrected chi connectivity index (χ2v) is 5.16. The lowest BCUT2D eigenvalue weighted by Gasteiger charge is -2.18. The number of carboxylic acids is 1. The van der Waals surface area contributed by atoms with Gasteiger partial charge in [-0.05, 0) is 11.1 Å². The molecular formula is C18H18N2O5. The summed E-state index contributed by atoms with van der Waals surface area (Å²) in [6.45, 7) is -0.478. The smallest absolute Gasteiger partial charge is 0.408 e. The van der Waals surface area contributed by atoms with E-state index in [0.29, 0.717) is 5.56 Å². The number of ether oxygens (including phenoxy) is 1. The van der Waals surface area contributed by atoms with Gasteiger partial charge < -0.3 is 20.5 Å². The molecule has 0 bridgehead atoms. The molecule has 0 spiro atoms. The fourth-order valence-corrected chi connectivity index (χ4v) is 2.09. The molecule has 25 heavy (non-hydrogen) atoms. The Morgan fingerprint density at radius 3 is 2.16 bits per heavy atom. The zero-order chi connectivity index (χ0) is 18.1. The lowest BCUT2D eigenvalue weighted by molar-refractivity contribution is -0.138. The van der Waals surface area contributed by atoms with E-state index in [0.717, 1.165) is 5.56 Å². The molecule has 7 heteroatoms. The maximum Gasteiger partial charge on any atom is 0.408 e. The number of aliphatic carboxylic acids is 1. The van der Waals surface area contributed by atoms with Gasteiger partial charge in [-0.2, -0.15) is 0 Å². The van der Waals surface area contributed by atoms with E-state index in [1.165, 1.54) is 0 Å². The number of rotatable bonds is 7. The van der Waals surface area contributed by atoms with Crippen LogP contribution in [0.3, 0.4) is 0 Å². The highest BCUT2D eigenvalue weighted by atomic mass is 16.5. The summed E-state index contributed by atoms with van der Waals surface area (Å²) in [5, 5.41) is 13.4. The number of nitrogens with one attached hydrogen (secondary N) is 2. The van der Waals surface area contributed by atoms with Crippen molar-refractivity contribution in [2.75, 3.05) is 6.54 Å². The van der Waals surface area contributed by atoms with Crippen LogP contribution in [0.2, 0.25) is 0 Å². The molecule has 3 N–H and O–H groups in total. The van der Waals surface area contributed by atoms with Gasteiger partial charge in [-0.25, -0.2) is 4.79 Å². The Bertz CT molecular complexity index is 719. The van der Waals surface area contributed by atoms with Crippen molar-refractivity contribution >= 4 is 18.0 Å². The molecule has 2 aromatic rings. The first-order chi connectivity index (χ1) is 12.1. The van der Waals surface area contributed by atoms with Crippen LogP contribution in [0.25, 0.3) is 0 Å². The van der Waals surface area contributed by atoms with E-state index in [9.17, 15) is 14.4 Å². The van der Waals surface area contributed by atoms with Crippen LogP contribution in [0.4, 0.5) is 4.79 Å². The van der Waals surface area contributed by atoms with Crippen molar-refractivity contribution in [1.29, 1.82) is 0 Å². The monoisotopic (exact) mass is 342 g/mol. The summed E-state index contributed by atoms with van der Waals surface area (Å²) in [5.74, 6) is -1.81. The summed E-state index contributed by atoms with van der Waals surface area (Å²) in [4.78, 5) is 34.8. The molecule has 2 aromatic carbocycles. The first-order valence-electron chi connectivity index (χ1n) is 7.58. The molecule has 130 valence electrons. The molecule has 0 aliphatic carbocycles. The van der Waals surface area contributed by atoms with E-state index in [-0.39, 0.29) is 6.61 Å². The maximum atomic E-state index is 12.2. The Morgan fingerprint density at radius 2 is 1.56 bits per heavy atom. The Hall–Kier alpha value is -3.35. The van der Waals surface area contributed by atoms with E-state index < -0.39 is 30.6 Å². The lowest BCUT2D eigenvalue weighted by Crippen LogP contribution is -2.42. The predicted octanol–water partition coefficient (Wildman–Crippen LogP) is 1.85. The molecule has 0 unspecified atom stereocenters. The standard InChI is InChI=1S/C18H18N2O5/c21-15(22)11-19-17(23)16(14-9-5-2-6-10-14)20-18(24)25-12-13-7-3-1-4-8-13/h1-10,16H,11-12H2,(H,19,23)(H,20,24)(H,21,22)/t16-/m0/s1. The normalized spacial score (nSPS) is 11.2. The summed E-state index contributed by atoms with van der Waals surface area (Å²) < 4.78 is 5.11. The molecule has 0 saturated heterocycles. The highest BCUT2D eigenvalue weighted by Crippen LogP contribution is 2.13. The minimum Gasteiger partial charge on any atom is -0.480 e. The summed E-state index contributed by atoms with van der Waals surface area (Å²) in [6, 6.07) is 16.6. The number of carbonyl (C=O) groups excluding carboxylic acids is 2. The average Bonchev–Trinajstić information content (AvgIpc) is 2.64. The molecule has 0 heterocycles. The number of hydrogen-bond donors (Lipinski definition) is 3. The van der Waals surface area contributed by atoms with Crippen LogP contribution in [-0.4, -0.2) is 29.6 Å². The largest absolute Gasteiger partial charge is 0.480 e. The molecule has 0 aliphatic heterocycles. The molecule has 0 aliphatic rings. The van der Waals surface area contributed by atoms with Gasteiger partial charge in [0, 0.05) is 0 Å². The Labute approximate surface area is 144 Å². The number of carbonyl (C=O) groups is 3. The highest BCUT2D eigenvalue weighted by molar-refractivity contribution is 5.88. The first-order valence-corrected chi connectivity index (χ1v) is 7.58. The average molecular weight is 342 g/mol. The number of benzene rings is 2. The van der Waals surface area contributed by atoms with Gasteiger partial charge in [-0.3, -0.25) is 9.59 Å². The highest BCUT2D eigenvalue weighted by Gasteiger charge is 2.23. The molecule has 1 atom stereocenters. The van der Waals surface area contributed by atoms with Gasteiger partial charge in [0.1, 0.15) is 19.2 Å². The molecule has 7 nitrogen and oxygen atoms in total. The summed E-state index contributed by atoms with van der Waals surface area (Å²) >= 11 is 0. The van der Waals surface area contributed by atoms with Crippen molar-refractivity contribution in [3.63, 3.8) is 0 Å². The van der Waals surface area contributed by atoms with Crippen LogP contribution < -0.4 is 10.6 Å². The second-order valence-electron chi connectivity index (χ2n) is 5.16. The van der Waals surface area contributed by atoms with Gasteiger partial charge in [0.15, 0.2) is 0 Å². The number of alkyl carbamates (subject to hydrolysis) is 1. The third-order valence-electron chi connectivity index (χ3n) is 3.28. The molecule has 2 rings (SSSR count). The van der Waals surface area contributed by atoms with Crippen LogP contribution in [-0.2, 0) is 20.9 Å². The van der Waals surface area contributed by atoms with Crippen molar-refractivity contribution < 1.29 is 24.2 Å². The van der Waals surface area contributed by atoms with Crippen molar-refractivity contribution in [3.05, 3.63) is 71.8 Å². The fourth-order valence-electron chi connectivity index (χ4n) is 2.09. The summed E-state index contributed by atoms with van der Waals surface area (Å²) in [5.41, 5.74) is 1.33. The minimum absolute atomic E-state index is 0.0604. The lowest BCUT2D eigenvalue weighted by atomic mass is 10.1. The van der Waals surface area contributed by atoms with Crippen molar-refractivity contribution in [2.24, 2.45) is 0 Å². The van der Waals surface area contributed by atoms with Crippen LogP contribution in [0.1, 0.15) is 17.2 Å². The fraction of sp³-hybridized carbons (Fsp3) is 0.167. The first kappa shape index (κ1) is 18.0. The minimum atomic E-state index is -1.17. The maximum absolute atomic E-state index is 12.2. The molecule has 2 amide bonds. The van der Waals surface area contributed by atoms with E-state index >= 15 is 0 Å². The third kappa shape index (κ3) is 5.98. The van der Waals surface area contributed by atoms with Crippen LogP contribution >= 0.6 is 0 Å². The number of amides is 2. The SMILES string of the molecule is O=C(O)CNC(=O)[C@@H](NC(=O)OCc1ccccc1)c1ccccc1. The molecule has 0 radical (unpaired) electrons. The summed E-state index contributed by atoms with van der Waals surface area (Å²) in [6.07, 6.45) is -0.775. The Morgan fingerprint density at radius 1 is 0.960 bits per heavy atom. The van der Waals surface area contributed by atoms with Crippen molar-refractivity contribution in [2.45, 2.75) is 12.6 Å². The third-order valence-corrected chi connectivity index (χ3v) is 3.28. The second kappa shape index (κ2) is 9.07. The van der Waals surface area contributed by atoms with E-state index in [1.54, 1.807) is 30.3 Å². The van der Waals surface area contributed by atoms with Gasteiger partial charge in [-0.1, -0.05) is 60.7 Å². The van der Waals surface area contributed by atoms with Crippen LogP contribution in [0.5, 0.6) is 0 Å². The Kier molecular flexibility index (Phi) is 6.53.